The van der Waals surface area contributed by atoms with Crippen molar-refractivity contribution in [3.63, 3.8) is 0 Å². The summed E-state index contributed by atoms with van der Waals surface area (Å²) < 4.78 is 1.40. The number of carbonyl (C=O) groups excluding carboxylic acids is 3. The highest BCUT2D eigenvalue weighted by Gasteiger charge is 2.35. The van der Waals surface area contributed by atoms with Crippen LogP contribution in [0.2, 0.25) is 0 Å². The minimum absolute atomic E-state index is 0.00199. The summed E-state index contributed by atoms with van der Waals surface area (Å²) in [6.45, 7) is 9.28. The number of likely N-dealkylation sites (tertiary alicyclic amines) is 2. The lowest BCUT2D eigenvalue weighted by atomic mass is 9.91. The second-order valence-corrected chi connectivity index (χ2v) is 12.3. The summed E-state index contributed by atoms with van der Waals surface area (Å²) in [5.41, 5.74) is 2.21. The molecule has 0 saturated carbocycles. The Bertz CT molecular complexity index is 1600. The van der Waals surface area contributed by atoms with Gasteiger partial charge in [0.2, 0.25) is 17.7 Å². The van der Waals surface area contributed by atoms with Crippen LogP contribution in [0.3, 0.4) is 0 Å². The van der Waals surface area contributed by atoms with E-state index < -0.39 is 5.69 Å². The highest BCUT2D eigenvalue weighted by atomic mass is 16.3. The van der Waals surface area contributed by atoms with Gasteiger partial charge in [0.05, 0.1) is 17.8 Å². The van der Waals surface area contributed by atoms with Crippen LogP contribution in [0.4, 0.5) is 0 Å². The molecule has 2 aliphatic heterocycles. The molecule has 2 aliphatic rings. The number of H-pyrrole nitrogens is 1. The first-order chi connectivity index (χ1) is 21.5. The van der Waals surface area contributed by atoms with E-state index in [1.807, 2.05) is 43.0 Å². The minimum atomic E-state index is -0.441. The van der Waals surface area contributed by atoms with Gasteiger partial charge < -0.3 is 25.7 Å². The average Bonchev–Trinajstić information content (AvgIpc) is 3.36. The van der Waals surface area contributed by atoms with Crippen molar-refractivity contribution in [2.24, 2.45) is 11.8 Å². The van der Waals surface area contributed by atoms with E-state index in [4.69, 9.17) is 0 Å². The van der Waals surface area contributed by atoms with Crippen molar-refractivity contribution in [2.75, 3.05) is 39.3 Å². The first-order valence-corrected chi connectivity index (χ1v) is 15.4. The van der Waals surface area contributed by atoms with Gasteiger partial charge in [0.1, 0.15) is 11.5 Å². The maximum atomic E-state index is 13.0. The van der Waals surface area contributed by atoms with Gasteiger partial charge in [-0.3, -0.25) is 19.3 Å². The number of phenolic OH excluding ortho intramolecular Hbond substituents is 2. The zero-order valence-electron chi connectivity index (χ0n) is 25.9. The zero-order chi connectivity index (χ0) is 32.2. The number of nitrogens with one attached hydrogen (secondary N) is 3. The van der Waals surface area contributed by atoms with Crippen molar-refractivity contribution in [3.8, 4) is 28.6 Å². The van der Waals surface area contributed by atoms with Gasteiger partial charge in [0.25, 0.3) is 0 Å². The number of hydrogen-bond donors (Lipinski definition) is 5. The first-order valence-electron chi connectivity index (χ1n) is 15.4. The Morgan fingerprint density at radius 3 is 2.36 bits per heavy atom. The van der Waals surface area contributed by atoms with Crippen LogP contribution in [0.25, 0.3) is 17.1 Å². The van der Waals surface area contributed by atoms with Gasteiger partial charge in [-0.25, -0.2) is 14.5 Å². The van der Waals surface area contributed by atoms with Gasteiger partial charge in [0, 0.05) is 51.0 Å². The van der Waals surface area contributed by atoms with Gasteiger partial charge in [0.15, 0.2) is 5.82 Å². The summed E-state index contributed by atoms with van der Waals surface area (Å²) in [4.78, 5) is 52.6. The van der Waals surface area contributed by atoms with E-state index >= 15 is 0 Å². The molecule has 0 bridgehead atoms. The van der Waals surface area contributed by atoms with Crippen LogP contribution in [-0.2, 0) is 20.9 Å². The summed E-state index contributed by atoms with van der Waals surface area (Å²) in [6, 6.07) is 10.5. The largest absolute Gasteiger partial charge is 0.508 e. The Labute approximate surface area is 261 Å². The molecule has 13 nitrogen and oxygen atoms in total. The number of phenols is 2. The lowest BCUT2D eigenvalue weighted by Gasteiger charge is -2.42. The summed E-state index contributed by atoms with van der Waals surface area (Å²) in [6.07, 6.45) is 1.57. The number of rotatable bonds is 10. The van der Waals surface area contributed by atoms with Crippen LogP contribution >= 0.6 is 0 Å². The molecule has 13 heteroatoms. The third-order valence-corrected chi connectivity index (χ3v) is 8.57. The summed E-state index contributed by atoms with van der Waals surface area (Å²) >= 11 is 0. The molecular formula is C32H41N7O6. The van der Waals surface area contributed by atoms with E-state index in [2.05, 4.69) is 25.7 Å². The standard InChI is InChI=1S/C32H41N7O6/c1-19(2)25-12-26(28(42)13-27(25)41)30-35-36-32(45)39(30)24-6-4-21(5-7-24)16-37-10-8-23(9-11-37)31(44)38-17-22(18-38)14-34-29(43)15-33-20(3)40/h4-7,12-13,19,22-23,41-42H,8-11,14-18H2,1-3H3,(H,33,40)(H,34,43)(H,36,45). The molecule has 240 valence electrons. The Hall–Kier alpha value is -4.65. The Morgan fingerprint density at radius 1 is 1.02 bits per heavy atom. The van der Waals surface area contributed by atoms with E-state index in [1.165, 1.54) is 17.6 Å². The predicted octanol–water partition coefficient (Wildman–Crippen LogP) is 1.68. The van der Waals surface area contributed by atoms with E-state index in [0.717, 1.165) is 38.0 Å². The fourth-order valence-corrected chi connectivity index (χ4v) is 5.96. The number of nitrogens with zero attached hydrogens (tertiary/aromatic N) is 4. The number of aromatic nitrogens is 3. The topological polar surface area (TPSA) is 173 Å². The van der Waals surface area contributed by atoms with Gasteiger partial charge in [-0.1, -0.05) is 26.0 Å². The molecule has 5 rings (SSSR count). The number of hydrogen-bond acceptors (Lipinski definition) is 8. The third kappa shape index (κ3) is 7.36. The predicted molar refractivity (Wildman–Crippen MR) is 167 cm³/mol. The molecule has 3 amide bonds. The van der Waals surface area contributed by atoms with Crippen molar-refractivity contribution >= 4 is 17.7 Å². The molecule has 2 saturated heterocycles. The van der Waals surface area contributed by atoms with Gasteiger partial charge in [-0.15, -0.1) is 0 Å². The van der Waals surface area contributed by atoms with Crippen molar-refractivity contribution in [1.82, 2.24) is 35.2 Å². The molecule has 45 heavy (non-hydrogen) atoms. The molecule has 0 unspecified atom stereocenters. The van der Waals surface area contributed by atoms with Crippen LogP contribution in [0.1, 0.15) is 50.7 Å². The highest BCUT2D eigenvalue weighted by molar-refractivity contribution is 5.83. The summed E-state index contributed by atoms with van der Waals surface area (Å²) in [7, 11) is 0. The lowest BCUT2D eigenvalue weighted by molar-refractivity contribution is -0.143. The van der Waals surface area contributed by atoms with E-state index in [9.17, 15) is 29.4 Å². The summed E-state index contributed by atoms with van der Waals surface area (Å²) in [5.74, 6) is 0.00171. The van der Waals surface area contributed by atoms with Crippen LogP contribution in [0.15, 0.2) is 41.2 Å². The van der Waals surface area contributed by atoms with Crippen LogP contribution in [-0.4, -0.2) is 91.8 Å². The second kappa shape index (κ2) is 13.6. The fourth-order valence-electron chi connectivity index (χ4n) is 5.96. The zero-order valence-corrected chi connectivity index (χ0v) is 25.9. The lowest BCUT2D eigenvalue weighted by Crippen LogP contribution is -2.56. The molecule has 5 N–H and O–H groups in total. The van der Waals surface area contributed by atoms with Gasteiger partial charge >= 0.3 is 5.69 Å². The van der Waals surface area contributed by atoms with Crippen molar-refractivity contribution in [1.29, 1.82) is 0 Å². The minimum Gasteiger partial charge on any atom is -0.508 e. The third-order valence-electron chi connectivity index (χ3n) is 8.57. The Morgan fingerprint density at radius 2 is 1.71 bits per heavy atom. The van der Waals surface area contributed by atoms with Gasteiger partial charge in [-0.05, 0) is 61.2 Å². The maximum absolute atomic E-state index is 13.0. The number of benzene rings is 2. The fraction of sp³-hybridized carbons (Fsp3) is 0.469. The van der Waals surface area contributed by atoms with Crippen molar-refractivity contribution in [2.45, 2.75) is 46.1 Å². The summed E-state index contributed by atoms with van der Waals surface area (Å²) in [5, 5.41) is 32.7. The van der Waals surface area contributed by atoms with Gasteiger partial charge in [-0.2, -0.15) is 5.10 Å². The highest BCUT2D eigenvalue weighted by Crippen LogP contribution is 2.37. The number of piperidine rings is 1. The quantitative estimate of drug-likeness (QED) is 0.228. The first kappa shape index (κ1) is 31.8. The normalized spacial score (nSPS) is 16.0. The number of aromatic amines is 1. The van der Waals surface area contributed by atoms with E-state index in [-0.39, 0.29) is 59.3 Å². The SMILES string of the molecule is CC(=O)NCC(=O)NCC1CN(C(=O)C2CCN(Cc3ccc(-n4c(-c5cc(C(C)C)c(O)cc5O)n[nH]c4=O)cc3)CC2)C1. The molecule has 0 atom stereocenters. The molecule has 3 heterocycles. The molecule has 1 aromatic heterocycles. The van der Waals surface area contributed by atoms with E-state index in [0.29, 0.717) is 36.4 Å². The van der Waals surface area contributed by atoms with Crippen molar-refractivity contribution < 1.29 is 24.6 Å². The Balaban J connectivity index is 1.12. The monoisotopic (exact) mass is 619 g/mol. The average molecular weight is 620 g/mol. The van der Waals surface area contributed by atoms with Crippen LogP contribution < -0.4 is 16.3 Å². The van der Waals surface area contributed by atoms with Crippen molar-refractivity contribution in [3.05, 3.63) is 58.0 Å². The molecule has 3 aromatic rings. The van der Waals surface area contributed by atoms with E-state index in [1.54, 1.807) is 6.07 Å². The van der Waals surface area contributed by atoms with Crippen LogP contribution in [0, 0.1) is 11.8 Å². The Kier molecular flexibility index (Phi) is 9.57. The molecule has 0 radical (unpaired) electrons. The number of aromatic hydroxyl groups is 2. The molecule has 2 fully saturated rings. The number of amides is 3. The number of carbonyl (C=O) groups is 3. The smallest absolute Gasteiger partial charge is 0.348 e. The maximum Gasteiger partial charge on any atom is 0.348 e. The molecule has 0 spiro atoms. The molecular weight excluding hydrogens is 578 g/mol. The second-order valence-electron chi connectivity index (χ2n) is 12.3. The molecule has 2 aromatic carbocycles. The van der Waals surface area contributed by atoms with Crippen LogP contribution in [0.5, 0.6) is 11.5 Å². The molecule has 0 aliphatic carbocycles.